The van der Waals surface area contributed by atoms with Crippen molar-refractivity contribution in [2.45, 2.75) is 18.9 Å². The summed E-state index contributed by atoms with van der Waals surface area (Å²) in [7, 11) is 1.58. The van der Waals surface area contributed by atoms with Gasteiger partial charge in [0.1, 0.15) is 18.2 Å². The lowest BCUT2D eigenvalue weighted by Gasteiger charge is -2.14. The Labute approximate surface area is 184 Å². The summed E-state index contributed by atoms with van der Waals surface area (Å²) in [5.74, 6) is -1.95. The van der Waals surface area contributed by atoms with Gasteiger partial charge in [-0.1, -0.05) is 48.5 Å². The first-order chi connectivity index (χ1) is 15.3. The first-order valence-electron chi connectivity index (χ1n) is 10.0. The molecule has 3 aromatic rings. The van der Waals surface area contributed by atoms with Gasteiger partial charge in [0.25, 0.3) is 5.91 Å². The monoisotopic (exact) mass is 434 g/mol. The Morgan fingerprint density at radius 2 is 1.69 bits per heavy atom. The number of benzene rings is 2. The molecule has 0 saturated heterocycles. The van der Waals surface area contributed by atoms with Gasteiger partial charge in [-0.3, -0.25) is 19.6 Å². The highest BCUT2D eigenvalue weighted by Gasteiger charge is 2.29. The number of anilines is 1. The van der Waals surface area contributed by atoms with Crippen LogP contribution < -0.4 is 10.6 Å². The van der Waals surface area contributed by atoms with Crippen LogP contribution in [-0.4, -0.2) is 45.5 Å². The highest BCUT2D eigenvalue weighted by atomic mass is 16.5. The number of aliphatic carboxylic acids is 1. The van der Waals surface area contributed by atoms with Gasteiger partial charge in [0, 0.05) is 19.2 Å². The van der Waals surface area contributed by atoms with E-state index in [0.717, 1.165) is 22.3 Å². The zero-order valence-electron chi connectivity index (χ0n) is 17.5. The van der Waals surface area contributed by atoms with Crippen LogP contribution in [0.1, 0.15) is 34.3 Å². The van der Waals surface area contributed by atoms with Gasteiger partial charge in [0.05, 0.1) is 0 Å². The Kier molecular flexibility index (Phi) is 5.63. The predicted octanol–water partition coefficient (Wildman–Crippen LogP) is 2.98. The molecule has 1 heterocycles. The molecule has 2 amide bonds. The summed E-state index contributed by atoms with van der Waals surface area (Å²) in [6.45, 7) is 1.46. The van der Waals surface area contributed by atoms with Crippen molar-refractivity contribution in [2.75, 3.05) is 11.9 Å². The van der Waals surface area contributed by atoms with E-state index < -0.39 is 24.0 Å². The molecule has 1 aromatic heterocycles. The molecule has 4 rings (SSSR count). The van der Waals surface area contributed by atoms with Crippen molar-refractivity contribution in [2.24, 2.45) is 7.05 Å². The van der Waals surface area contributed by atoms with Gasteiger partial charge in [-0.05, 0) is 29.2 Å². The number of nitrogens with one attached hydrogen (secondary N) is 2. The second kappa shape index (κ2) is 8.54. The second-order valence-electron chi connectivity index (χ2n) is 7.55. The highest BCUT2D eigenvalue weighted by Crippen LogP contribution is 2.44. The number of aromatic nitrogens is 2. The normalized spacial score (nSPS) is 13.1. The largest absolute Gasteiger partial charge is 0.480 e. The average Bonchev–Trinajstić information content (AvgIpc) is 3.29. The molecule has 0 radical (unpaired) electrons. The molecule has 0 spiro atoms. The molecule has 2 aromatic carbocycles. The fourth-order valence-corrected chi connectivity index (χ4v) is 3.81. The minimum Gasteiger partial charge on any atom is -0.480 e. The van der Waals surface area contributed by atoms with Crippen LogP contribution in [0.2, 0.25) is 0 Å². The molecular formula is C23H22N4O5. The quantitative estimate of drug-likeness (QED) is 0.548. The minimum atomic E-state index is -1.17. The van der Waals surface area contributed by atoms with Gasteiger partial charge in [0.15, 0.2) is 5.82 Å². The molecule has 9 heteroatoms. The second-order valence-corrected chi connectivity index (χ2v) is 7.55. The van der Waals surface area contributed by atoms with Gasteiger partial charge in [0.2, 0.25) is 0 Å². The van der Waals surface area contributed by atoms with Crippen molar-refractivity contribution in [3.05, 3.63) is 71.4 Å². The van der Waals surface area contributed by atoms with E-state index in [4.69, 9.17) is 9.84 Å². The maximum absolute atomic E-state index is 12.5. The molecule has 0 fully saturated rings. The van der Waals surface area contributed by atoms with Crippen molar-refractivity contribution in [1.82, 2.24) is 15.1 Å². The SMILES string of the molecule is C[C@@H](NC(=O)c1cn(C)nc1NC(=O)OCC1c2ccccc2-c2ccccc21)C(=O)O. The standard InChI is InChI=1S/C23H22N4O5/c1-13(22(29)30)24-21(28)18-11-27(2)26-20(18)25-23(31)32-12-19-16-9-5-3-7-14(16)15-8-4-6-10-17(15)19/h3-11,13,19H,12H2,1-2H3,(H,24,28)(H,29,30)(H,25,26,31)/t13-/m1/s1. The van der Waals surface area contributed by atoms with E-state index in [-0.39, 0.29) is 23.9 Å². The number of fused-ring (bicyclic) bond motifs is 3. The van der Waals surface area contributed by atoms with E-state index in [1.807, 2.05) is 48.5 Å². The molecule has 164 valence electrons. The fraction of sp³-hybridized carbons (Fsp3) is 0.217. The summed E-state index contributed by atoms with van der Waals surface area (Å²) in [6, 6.07) is 14.9. The molecule has 9 nitrogen and oxygen atoms in total. The lowest BCUT2D eigenvalue weighted by atomic mass is 9.98. The first-order valence-corrected chi connectivity index (χ1v) is 10.0. The zero-order chi connectivity index (χ0) is 22.8. The molecular weight excluding hydrogens is 412 g/mol. The lowest BCUT2D eigenvalue weighted by Crippen LogP contribution is -2.38. The summed E-state index contributed by atoms with van der Waals surface area (Å²) in [6.07, 6.45) is 0.633. The summed E-state index contributed by atoms with van der Waals surface area (Å²) in [4.78, 5) is 35.9. The molecule has 0 aliphatic heterocycles. The van der Waals surface area contributed by atoms with Gasteiger partial charge in [-0.2, -0.15) is 5.10 Å². The number of ether oxygens (including phenoxy) is 1. The number of amides is 2. The van der Waals surface area contributed by atoms with Crippen molar-refractivity contribution in [3.8, 4) is 11.1 Å². The van der Waals surface area contributed by atoms with E-state index in [1.54, 1.807) is 7.05 Å². The van der Waals surface area contributed by atoms with Gasteiger partial charge in [-0.25, -0.2) is 4.79 Å². The Morgan fingerprint density at radius 3 is 2.28 bits per heavy atom. The van der Waals surface area contributed by atoms with E-state index >= 15 is 0 Å². The lowest BCUT2D eigenvalue weighted by molar-refractivity contribution is -0.138. The van der Waals surface area contributed by atoms with Crippen molar-refractivity contribution in [3.63, 3.8) is 0 Å². The summed E-state index contributed by atoms with van der Waals surface area (Å²) >= 11 is 0. The summed E-state index contributed by atoms with van der Waals surface area (Å²) in [5.41, 5.74) is 4.44. The third-order valence-electron chi connectivity index (χ3n) is 5.36. The van der Waals surface area contributed by atoms with Crippen LogP contribution in [-0.2, 0) is 16.6 Å². The summed E-state index contributed by atoms with van der Waals surface area (Å²) < 4.78 is 6.83. The minimum absolute atomic E-state index is 0.0141. The Bertz CT molecular complexity index is 1160. The molecule has 3 N–H and O–H groups in total. The number of carboxylic acid groups (broad SMARTS) is 1. The smallest absolute Gasteiger partial charge is 0.412 e. The maximum Gasteiger partial charge on any atom is 0.412 e. The number of nitrogens with zero attached hydrogens (tertiary/aromatic N) is 2. The highest BCUT2D eigenvalue weighted by molar-refractivity contribution is 6.02. The Morgan fingerprint density at radius 1 is 1.09 bits per heavy atom. The van der Waals surface area contributed by atoms with Crippen LogP contribution >= 0.6 is 0 Å². The van der Waals surface area contributed by atoms with Crippen LogP contribution in [0.5, 0.6) is 0 Å². The molecule has 1 aliphatic rings. The third kappa shape index (κ3) is 4.04. The number of aryl methyl sites for hydroxylation is 1. The van der Waals surface area contributed by atoms with Crippen LogP contribution in [0.3, 0.4) is 0 Å². The van der Waals surface area contributed by atoms with Crippen LogP contribution in [0.15, 0.2) is 54.7 Å². The third-order valence-corrected chi connectivity index (χ3v) is 5.36. The number of carbonyl (C=O) groups is 3. The molecule has 1 atom stereocenters. The number of carbonyl (C=O) groups excluding carboxylic acids is 2. The van der Waals surface area contributed by atoms with Crippen molar-refractivity contribution < 1.29 is 24.2 Å². The molecule has 1 aliphatic carbocycles. The van der Waals surface area contributed by atoms with Gasteiger partial charge >= 0.3 is 12.1 Å². The maximum atomic E-state index is 12.5. The molecule has 0 unspecified atom stereocenters. The fourth-order valence-electron chi connectivity index (χ4n) is 3.81. The van der Waals surface area contributed by atoms with E-state index in [9.17, 15) is 14.4 Å². The van der Waals surface area contributed by atoms with E-state index in [2.05, 4.69) is 15.7 Å². The number of hydrogen-bond donors (Lipinski definition) is 3. The Balaban J connectivity index is 1.46. The average molecular weight is 434 g/mol. The molecule has 0 bridgehead atoms. The first kappa shape index (κ1) is 21.1. The topological polar surface area (TPSA) is 123 Å². The van der Waals surface area contributed by atoms with Crippen LogP contribution in [0, 0.1) is 0 Å². The zero-order valence-corrected chi connectivity index (χ0v) is 17.5. The van der Waals surface area contributed by atoms with Gasteiger partial charge in [-0.15, -0.1) is 0 Å². The number of carboxylic acids is 1. The Hall–Kier alpha value is -4.14. The van der Waals surface area contributed by atoms with Crippen LogP contribution in [0.4, 0.5) is 10.6 Å². The van der Waals surface area contributed by atoms with E-state index in [1.165, 1.54) is 17.8 Å². The van der Waals surface area contributed by atoms with E-state index in [0.29, 0.717) is 0 Å². The van der Waals surface area contributed by atoms with Crippen LogP contribution in [0.25, 0.3) is 11.1 Å². The molecule has 0 saturated carbocycles. The molecule has 32 heavy (non-hydrogen) atoms. The summed E-state index contributed by atoms with van der Waals surface area (Å²) in [5, 5.41) is 17.9. The van der Waals surface area contributed by atoms with Crippen molar-refractivity contribution >= 4 is 23.8 Å². The predicted molar refractivity (Wildman–Crippen MR) is 116 cm³/mol. The van der Waals surface area contributed by atoms with Crippen molar-refractivity contribution in [1.29, 1.82) is 0 Å². The number of hydrogen-bond acceptors (Lipinski definition) is 5. The van der Waals surface area contributed by atoms with Gasteiger partial charge < -0.3 is 15.2 Å². The number of rotatable bonds is 6.